The van der Waals surface area contributed by atoms with Crippen LogP contribution in [0.3, 0.4) is 0 Å². The fourth-order valence-corrected chi connectivity index (χ4v) is 4.04. The third kappa shape index (κ3) is 3.15. The number of hydrogen-bond donors (Lipinski definition) is 1. The summed E-state index contributed by atoms with van der Waals surface area (Å²) in [6.45, 7) is 3.72. The molecule has 7 heteroatoms. The number of carbonyl (C=O) groups excluding carboxylic acids is 1. The fourth-order valence-electron chi connectivity index (χ4n) is 4.04. The Morgan fingerprint density at radius 3 is 2.74 bits per heavy atom. The molecule has 27 heavy (non-hydrogen) atoms. The molecule has 1 N–H and O–H groups in total. The standard InChI is InChI=1S/C20H26N4O3/c1-3-18-22-24(13(2)19(25)21-14-8-6-4-5-7-9-14)20(26)16-12-17-15(23(16)18)10-11-27-17/h10-14H,3-9H2,1-2H3,(H,21,25)/t13-/m1/s1. The average molecular weight is 370 g/mol. The maximum absolute atomic E-state index is 13.0. The molecule has 3 aromatic heterocycles. The Bertz CT molecular complexity index is 1020. The van der Waals surface area contributed by atoms with Crippen molar-refractivity contribution in [2.24, 2.45) is 0 Å². The first-order chi connectivity index (χ1) is 13.1. The van der Waals surface area contributed by atoms with Gasteiger partial charge in [0.1, 0.15) is 17.4 Å². The Labute approximate surface area is 157 Å². The van der Waals surface area contributed by atoms with Gasteiger partial charge in [-0.2, -0.15) is 5.10 Å². The van der Waals surface area contributed by atoms with Gasteiger partial charge in [-0.15, -0.1) is 0 Å². The van der Waals surface area contributed by atoms with E-state index >= 15 is 0 Å². The maximum Gasteiger partial charge on any atom is 0.291 e. The molecule has 1 atom stereocenters. The summed E-state index contributed by atoms with van der Waals surface area (Å²) in [6, 6.07) is 3.10. The van der Waals surface area contributed by atoms with Crippen molar-refractivity contribution in [3.8, 4) is 0 Å². The lowest BCUT2D eigenvalue weighted by Gasteiger charge is -2.21. The van der Waals surface area contributed by atoms with Gasteiger partial charge in [-0.1, -0.05) is 32.6 Å². The van der Waals surface area contributed by atoms with Crippen molar-refractivity contribution in [3.05, 3.63) is 34.6 Å². The van der Waals surface area contributed by atoms with Crippen molar-refractivity contribution >= 4 is 22.5 Å². The molecule has 1 saturated carbocycles. The number of amides is 1. The molecule has 1 fully saturated rings. The Morgan fingerprint density at radius 2 is 2.04 bits per heavy atom. The van der Waals surface area contributed by atoms with Gasteiger partial charge in [0.2, 0.25) is 5.91 Å². The summed E-state index contributed by atoms with van der Waals surface area (Å²) in [7, 11) is 0. The summed E-state index contributed by atoms with van der Waals surface area (Å²) in [5, 5.41) is 7.65. The zero-order valence-electron chi connectivity index (χ0n) is 15.9. The van der Waals surface area contributed by atoms with E-state index in [1.54, 1.807) is 19.3 Å². The zero-order valence-corrected chi connectivity index (χ0v) is 15.9. The molecule has 0 unspecified atom stereocenters. The number of aromatic nitrogens is 3. The Morgan fingerprint density at radius 1 is 1.30 bits per heavy atom. The van der Waals surface area contributed by atoms with Crippen LogP contribution in [0, 0.1) is 0 Å². The predicted molar refractivity (Wildman–Crippen MR) is 103 cm³/mol. The summed E-state index contributed by atoms with van der Waals surface area (Å²) in [5.74, 6) is 0.591. The van der Waals surface area contributed by atoms with Crippen molar-refractivity contribution in [1.29, 1.82) is 0 Å². The highest BCUT2D eigenvalue weighted by molar-refractivity contribution is 5.83. The van der Waals surface area contributed by atoms with Crippen molar-refractivity contribution in [2.45, 2.75) is 70.9 Å². The SMILES string of the molecule is CCc1nn([C@H](C)C(=O)NC2CCCCCC2)c(=O)c2cc3occc3n12. The van der Waals surface area contributed by atoms with E-state index in [1.165, 1.54) is 17.5 Å². The lowest BCUT2D eigenvalue weighted by molar-refractivity contribution is -0.125. The molecule has 0 radical (unpaired) electrons. The van der Waals surface area contributed by atoms with Crippen LogP contribution in [0.25, 0.3) is 16.6 Å². The van der Waals surface area contributed by atoms with E-state index < -0.39 is 6.04 Å². The number of nitrogens with one attached hydrogen (secondary N) is 1. The first kappa shape index (κ1) is 17.8. The van der Waals surface area contributed by atoms with E-state index in [2.05, 4.69) is 10.4 Å². The van der Waals surface area contributed by atoms with Crippen molar-refractivity contribution < 1.29 is 9.21 Å². The Hall–Kier alpha value is -2.57. The summed E-state index contributed by atoms with van der Waals surface area (Å²) >= 11 is 0. The van der Waals surface area contributed by atoms with Crippen LogP contribution >= 0.6 is 0 Å². The number of hydrogen-bond acceptors (Lipinski definition) is 4. The minimum atomic E-state index is -0.655. The van der Waals surface area contributed by atoms with Crippen LogP contribution in [-0.4, -0.2) is 26.1 Å². The van der Waals surface area contributed by atoms with E-state index in [-0.39, 0.29) is 17.5 Å². The highest BCUT2D eigenvalue weighted by Gasteiger charge is 2.24. The highest BCUT2D eigenvalue weighted by atomic mass is 16.3. The molecule has 144 valence electrons. The van der Waals surface area contributed by atoms with Crippen LogP contribution in [0.15, 0.2) is 27.6 Å². The van der Waals surface area contributed by atoms with Gasteiger partial charge in [0.15, 0.2) is 5.58 Å². The topological polar surface area (TPSA) is 81.5 Å². The second kappa shape index (κ2) is 7.21. The first-order valence-corrected chi connectivity index (χ1v) is 9.91. The van der Waals surface area contributed by atoms with E-state index in [0.29, 0.717) is 17.5 Å². The molecule has 1 amide bonds. The molecule has 0 spiro atoms. The number of furan rings is 1. The van der Waals surface area contributed by atoms with Gasteiger partial charge >= 0.3 is 0 Å². The number of rotatable bonds is 4. The molecule has 0 aromatic carbocycles. The smallest absolute Gasteiger partial charge is 0.291 e. The molecule has 1 aliphatic carbocycles. The Kier molecular flexibility index (Phi) is 4.76. The molecular weight excluding hydrogens is 344 g/mol. The molecule has 1 aliphatic rings. The predicted octanol–water partition coefficient (Wildman–Crippen LogP) is 3.20. The quantitative estimate of drug-likeness (QED) is 0.715. The zero-order chi connectivity index (χ0) is 19.0. The van der Waals surface area contributed by atoms with Gasteiger partial charge in [0.25, 0.3) is 5.56 Å². The average Bonchev–Trinajstić information content (AvgIpc) is 3.16. The molecule has 0 aliphatic heterocycles. The first-order valence-electron chi connectivity index (χ1n) is 9.91. The molecule has 4 rings (SSSR count). The van der Waals surface area contributed by atoms with Gasteiger partial charge in [0.05, 0.1) is 11.8 Å². The van der Waals surface area contributed by atoms with Gasteiger partial charge in [-0.25, -0.2) is 4.68 Å². The molecule has 0 bridgehead atoms. The van der Waals surface area contributed by atoms with Crippen LogP contribution in [-0.2, 0) is 11.2 Å². The monoisotopic (exact) mass is 370 g/mol. The molecule has 0 saturated heterocycles. The van der Waals surface area contributed by atoms with Gasteiger partial charge in [-0.3, -0.25) is 14.0 Å². The second-order valence-corrected chi connectivity index (χ2v) is 7.43. The summed E-state index contributed by atoms with van der Waals surface area (Å²) in [5.41, 5.74) is 1.69. The highest BCUT2D eigenvalue weighted by Crippen LogP contribution is 2.21. The third-order valence-corrected chi connectivity index (χ3v) is 5.60. The largest absolute Gasteiger partial charge is 0.463 e. The maximum atomic E-state index is 13.0. The van der Waals surface area contributed by atoms with Crippen molar-refractivity contribution in [2.75, 3.05) is 0 Å². The molecule has 3 aromatic rings. The lowest BCUT2D eigenvalue weighted by Crippen LogP contribution is -2.42. The van der Waals surface area contributed by atoms with Crippen molar-refractivity contribution in [1.82, 2.24) is 19.5 Å². The van der Waals surface area contributed by atoms with Crippen LogP contribution in [0.4, 0.5) is 0 Å². The Balaban J connectivity index is 1.68. The van der Waals surface area contributed by atoms with Crippen LogP contribution in [0.1, 0.15) is 64.2 Å². The molecule has 7 nitrogen and oxygen atoms in total. The number of fused-ring (bicyclic) bond motifs is 3. The molecule has 3 heterocycles. The number of aryl methyl sites for hydroxylation is 1. The third-order valence-electron chi connectivity index (χ3n) is 5.60. The number of carbonyl (C=O) groups is 1. The minimum Gasteiger partial charge on any atom is -0.463 e. The number of nitrogens with zero attached hydrogens (tertiary/aromatic N) is 3. The lowest BCUT2D eigenvalue weighted by atomic mass is 10.1. The van der Waals surface area contributed by atoms with Crippen LogP contribution < -0.4 is 10.9 Å². The molecular formula is C20H26N4O3. The second-order valence-electron chi connectivity index (χ2n) is 7.43. The van der Waals surface area contributed by atoms with E-state index in [9.17, 15) is 9.59 Å². The normalized spacial score (nSPS) is 17.3. The van der Waals surface area contributed by atoms with E-state index in [1.807, 2.05) is 17.4 Å². The van der Waals surface area contributed by atoms with Gasteiger partial charge in [0, 0.05) is 24.6 Å². The van der Waals surface area contributed by atoms with Gasteiger partial charge in [-0.05, 0) is 19.8 Å². The summed E-state index contributed by atoms with van der Waals surface area (Å²) in [4.78, 5) is 25.8. The fraction of sp³-hybridized carbons (Fsp3) is 0.550. The minimum absolute atomic E-state index is 0.141. The van der Waals surface area contributed by atoms with Crippen molar-refractivity contribution in [3.63, 3.8) is 0 Å². The van der Waals surface area contributed by atoms with Gasteiger partial charge < -0.3 is 9.73 Å². The van der Waals surface area contributed by atoms with E-state index in [0.717, 1.165) is 37.0 Å². The van der Waals surface area contributed by atoms with Crippen LogP contribution in [0.2, 0.25) is 0 Å². The van der Waals surface area contributed by atoms with Crippen LogP contribution in [0.5, 0.6) is 0 Å². The summed E-state index contributed by atoms with van der Waals surface area (Å²) in [6.07, 6.45) is 9.01. The summed E-state index contributed by atoms with van der Waals surface area (Å²) < 4.78 is 8.59. The van der Waals surface area contributed by atoms with E-state index in [4.69, 9.17) is 4.42 Å².